The molecule has 96 valence electrons. The number of pyridine rings is 1. The minimum atomic E-state index is 0.722. The summed E-state index contributed by atoms with van der Waals surface area (Å²) in [7, 11) is 0. The van der Waals surface area contributed by atoms with Crippen LogP contribution in [0.3, 0.4) is 0 Å². The van der Waals surface area contributed by atoms with Gasteiger partial charge in [-0.25, -0.2) is 4.98 Å². The molecule has 0 aliphatic heterocycles. The van der Waals surface area contributed by atoms with Gasteiger partial charge in [0.2, 0.25) is 0 Å². The first-order valence-corrected chi connectivity index (χ1v) is 6.28. The Bertz CT molecular complexity index is 305. The Balaban J connectivity index is 2.35. The van der Waals surface area contributed by atoms with Crippen molar-refractivity contribution in [1.82, 2.24) is 4.98 Å². The third kappa shape index (κ3) is 5.54. The molecular weight excluding hydrogens is 216 g/mol. The van der Waals surface area contributed by atoms with E-state index < -0.39 is 0 Å². The van der Waals surface area contributed by atoms with Gasteiger partial charge in [0.1, 0.15) is 0 Å². The molecule has 1 aromatic rings. The highest BCUT2D eigenvalue weighted by Crippen LogP contribution is 2.20. The number of hydrogen-bond acceptors (Lipinski definition) is 4. The lowest BCUT2D eigenvalue weighted by Crippen LogP contribution is -2.08. The molecule has 0 radical (unpaired) electrons. The van der Waals surface area contributed by atoms with E-state index >= 15 is 0 Å². The van der Waals surface area contributed by atoms with Gasteiger partial charge in [-0.05, 0) is 31.9 Å². The second-order valence-electron chi connectivity index (χ2n) is 3.68. The number of anilines is 1. The zero-order valence-electron chi connectivity index (χ0n) is 10.7. The highest BCUT2D eigenvalue weighted by Gasteiger charge is 2.02. The zero-order valence-corrected chi connectivity index (χ0v) is 10.7. The van der Waals surface area contributed by atoms with E-state index in [0.29, 0.717) is 0 Å². The van der Waals surface area contributed by atoms with Crippen molar-refractivity contribution in [2.75, 3.05) is 31.7 Å². The van der Waals surface area contributed by atoms with E-state index in [0.717, 1.165) is 50.8 Å². The Hall–Kier alpha value is -1.29. The van der Waals surface area contributed by atoms with E-state index in [4.69, 9.17) is 9.47 Å². The summed E-state index contributed by atoms with van der Waals surface area (Å²) >= 11 is 0. The second-order valence-corrected chi connectivity index (χ2v) is 3.68. The summed E-state index contributed by atoms with van der Waals surface area (Å²) in [6, 6.07) is 3.82. The van der Waals surface area contributed by atoms with Gasteiger partial charge in [-0.15, -0.1) is 0 Å². The molecule has 1 heterocycles. The molecule has 0 unspecified atom stereocenters. The molecule has 4 nitrogen and oxygen atoms in total. The first kappa shape index (κ1) is 13.8. The van der Waals surface area contributed by atoms with Crippen LogP contribution < -0.4 is 10.1 Å². The molecule has 1 rings (SSSR count). The van der Waals surface area contributed by atoms with Crippen LogP contribution >= 0.6 is 0 Å². The van der Waals surface area contributed by atoms with Gasteiger partial charge in [-0.2, -0.15) is 0 Å². The van der Waals surface area contributed by atoms with Crippen molar-refractivity contribution >= 4 is 5.82 Å². The van der Waals surface area contributed by atoms with E-state index in [1.807, 2.05) is 19.1 Å². The van der Waals surface area contributed by atoms with Crippen LogP contribution in [-0.2, 0) is 4.74 Å². The van der Waals surface area contributed by atoms with Gasteiger partial charge in [-0.1, -0.05) is 6.92 Å². The summed E-state index contributed by atoms with van der Waals surface area (Å²) in [5.74, 6) is 1.64. The third-order valence-electron chi connectivity index (χ3n) is 2.19. The predicted molar refractivity (Wildman–Crippen MR) is 69.6 cm³/mol. The molecule has 0 aliphatic carbocycles. The molecular formula is C13H22N2O2. The van der Waals surface area contributed by atoms with Gasteiger partial charge in [0, 0.05) is 26.0 Å². The second kappa shape index (κ2) is 8.82. The van der Waals surface area contributed by atoms with Crippen LogP contribution in [-0.4, -0.2) is 31.3 Å². The van der Waals surface area contributed by atoms with E-state index in [1.165, 1.54) is 0 Å². The Labute approximate surface area is 103 Å². The summed E-state index contributed by atoms with van der Waals surface area (Å²) in [6.45, 7) is 7.21. The quantitative estimate of drug-likeness (QED) is 0.672. The first-order valence-electron chi connectivity index (χ1n) is 6.28. The molecule has 0 fully saturated rings. The highest BCUT2D eigenvalue weighted by molar-refractivity contribution is 5.49. The Morgan fingerprint density at radius 1 is 1.29 bits per heavy atom. The number of rotatable bonds is 9. The Kier molecular flexibility index (Phi) is 7.14. The van der Waals surface area contributed by atoms with Gasteiger partial charge in [-0.3, -0.25) is 0 Å². The summed E-state index contributed by atoms with van der Waals surface area (Å²) in [4.78, 5) is 4.27. The summed E-state index contributed by atoms with van der Waals surface area (Å²) in [6.07, 6.45) is 3.74. The molecule has 0 saturated heterocycles. The van der Waals surface area contributed by atoms with E-state index in [9.17, 15) is 0 Å². The van der Waals surface area contributed by atoms with E-state index in [2.05, 4.69) is 17.2 Å². The maximum Gasteiger partial charge on any atom is 0.168 e. The fourth-order valence-corrected chi connectivity index (χ4v) is 1.38. The molecule has 1 aromatic heterocycles. The molecule has 0 atom stereocenters. The van der Waals surface area contributed by atoms with E-state index in [1.54, 1.807) is 6.20 Å². The SMILES string of the molecule is CCCOc1cccnc1NCCCOCC. The first-order chi connectivity index (χ1) is 8.38. The average Bonchev–Trinajstić information content (AvgIpc) is 2.37. The predicted octanol–water partition coefficient (Wildman–Crippen LogP) is 2.71. The fourth-order valence-electron chi connectivity index (χ4n) is 1.38. The van der Waals surface area contributed by atoms with Crippen molar-refractivity contribution < 1.29 is 9.47 Å². The van der Waals surface area contributed by atoms with Crippen molar-refractivity contribution in [3.8, 4) is 5.75 Å². The Morgan fingerprint density at radius 2 is 2.18 bits per heavy atom. The summed E-state index contributed by atoms with van der Waals surface area (Å²) in [5, 5.41) is 3.26. The van der Waals surface area contributed by atoms with Crippen LogP contribution in [0, 0.1) is 0 Å². The highest BCUT2D eigenvalue weighted by atomic mass is 16.5. The van der Waals surface area contributed by atoms with Crippen molar-refractivity contribution in [3.63, 3.8) is 0 Å². The van der Waals surface area contributed by atoms with Crippen LogP contribution in [0.15, 0.2) is 18.3 Å². The lowest BCUT2D eigenvalue weighted by molar-refractivity contribution is 0.147. The zero-order chi connectivity index (χ0) is 12.3. The van der Waals surface area contributed by atoms with Crippen molar-refractivity contribution in [2.24, 2.45) is 0 Å². The number of nitrogens with zero attached hydrogens (tertiary/aromatic N) is 1. The minimum Gasteiger partial charge on any atom is -0.490 e. The molecule has 0 aliphatic rings. The topological polar surface area (TPSA) is 43.4 Å². The molecule has 0 saturated carbocycles. The number of aromatic nitrogens is 1. The standard InChI is InChI=1S/C13H22N2O2/c1-3-10-17-12-7-5-8-14-13(12)15-9-6-11-16-4-2/h5,7-8H,3-4,6,9-11H2,1-2H3,(H,14,15). The van der Waals surface area contributed by atoms with Gasteiger partial charge in [0.25, 0.3) is 0 Å². The number of hydrogen-bond donors (Lipinski definition) is 1. The maximum absolute atomic E-state index is 5.61. The molecule has 0 aromatic carbocycles. The maximum atomic E-state index is 5.61. The van der Waals surface area contributed by atoms with Crippen LogP contribution in [0.1, 0.15) is 26.7 Å². The van der Waals surface area contributed by atoms with Crippen LogP contribution in [0.5, 0.6) is 5.75 Å². The minimum absolute atomic E-state index is 0.722. The van der Waals surface area contributed by atoms with Gasteiger partial charge in [0.05, 0.1) is 6.61 Å². The molecule has 0 amide bonds. The van der Waals surface area contributed by atoms with Crippen molar-refractivity contribution in [1.29, 1.82) is 0 Å². The van der Waals surface area contributed by atoms with Gasteiger partial charge >= 0.3 is 0 Å². The third-order valence-corrected chi connectivity index (χ3v) is 2.19. The van der Waals surface area contributed by atoms with E-state index in [-0.39, 0.29) is 0 Å². The smallest absolute Gasteiger partial charge is 0.168 e. The number of ether oxygens (including phenoxy) is 2. The summed E-state index contributed by atoms with van der Waals surface area (Å²) in [5.41, 5.74) is 0. The molecule has 1 N–H and O–H groups in total. The largest absolute Gasteiger partial charge is 0.490 e. The van der Waals surface area contributed by atoms with Crippen molar-refractivity contribution in [3.05, 3.63) is 18.3 Å². The Morgan fingerprint density at radius 3 is 2.94 bits per heavy atom. The van der Waals surface area contributed by atoms with Crippen LogP contribution in [0.25, 0.3) is 0 Å². The molecule has 0 spiro atoms. The molecule has 4 heteroatoms. The number of nitrogens with one attached hydrogen (secondary N) is 1. The normalized spacial score (nSPS) is 10.2. The van der Waals surface area contributed by atoms with Gasteiger partial charge in [0.15, 0.2) is 11.6 Å². The fraction of sp³-hybridized carbons (Fsp3) is 0.615. The lowest BCUT2D eigenvalue weighted by atomic mass is 10.4. The van der Waals surface area contributed by atoms with Gasteiger partial charge < -0.3 is 14.8 Å². The lowest BCUT2D eigenvalue weighted by Gasteiger charge is -2.11. The van der Waals surface area contributed by atoms with Crippen LogP contribution in [0.2, 0.25) is 0 Å². The monoisotopic (exact) mass is 238 g/mol. The van der Waals surface area contributed by atoms with Crippen molar-refractivity contribution in [2.45, 2.75) is 26.7 Å². The molecule has 0 bridgehead atoms. The summed E-state index contributed by atoms with van der Waals surface area (Å²) < 4.78 is 10.9. The van der Waals surface area contributed by atoms with Crippen LogP contribution in [0.4, 0.5) is 5.82 Å². The molecule has 17 heavy (non-hydrogen) atoms. The average molecular weight is 238 g/mol.